The molecule has 2 heterocycles. The molecule has 1 unspecified atom stereocenters. The summed E-state index contributed by atoms with van der Waals surface area (Å²) in [7, 11) is 0. The fourth-order valence-corrected chi connectivity index (χ4v) is 2.86. The predicted molar refractivity (Wildman–Crippen MR) is 81.0 cm³/mol. The molecule has 1 atom stereocenters. The monoisotopic (exact) mass is 295 g/mol. The maximum Gasteiger partial charge on any atom is 0.255 e. The van der Waals surface area contributed by atoms with E-state index in [-0.39, 0.29) is 5.91 Å². The Balaban J connectivity index is 2.07. The Hall–Kier alpha value is -1.13. The average molecular weight is 296 g/mol. The van der Waals surface area contributed by atoms with Crippen LogP contribution in [-0.2, 0) is 0 Å². The van der Waals surface area contributed by atoms with Crippen molar-refractivity contribution in [3.63, 3.8) is 0 Å². The van der Waals surface area contributed by atoms with Crippen LogP contribution in [0.2, 0.25) is 5.02 Å². The smallest absolute Gasteiger partial charge is 0.255 e. The van der Waals surface area contributed by atoms with Gasteiger partial charge in [-0.15, -0.1) is 0 Å². The van der Waals surface area contributed by atoms with Gasteiger partial charge in [-0.1, -0.05) is 18.5 Å². The third-order valence-corrected chi connectivity index (χ3v) is 3.96. The SMILES string of the molecule is CCCN(CC1CCCNC1)C(=O)c1ccncc1Cl. The van der Waals surface area contributed by atoms with Crippen molar-refractivity contribution >= 4 is 17.5 Å². The first-order chi connectivity index (χ1) is 9.72. The van der Waals surface area contributed by atoms with E-state index in [1.807, 2.05) is 4.90 Å². The molecule has 1 N–H and O–H groups in total. The zero-order valence-corrected chi connectivity index (χ0v) is 12.7. The quantitative estimate of drug-likeness (QED) is 0.908. The molecule has 1 aromatic heterocycles. The maximum absolute atomic E-state index is 12.6. The predicted octanol–water partition coefficient (Wildman–Crippen LogP) is 2.59. The van der Waals surface area contributed by atoms with E-state index in [1.54, 1.807) is 12.3 Å². The summed E-state index contributed by atoms with van der Waals surface area (Å²) in [5, 5.41) is 3.83. The van der Waals surface area contributed by atoms with Crippen LogP contribution in [0.15, 0.2) is 18.5 Å². The van der Waals surface area contributed by atoms with Crippen molar-refractivity contribution in [2.24, 2.45) is 5.92 Å². The number of amides is 1. The number of aromatic nitrogens is 1. The summed E-state index contributed by atoms with van der Waals surface area (Å²) >= 11 is 6.08. The van der Waals surface area contributed by atoms with E-state index in [2.05, 4.69) is 17.2 Å². The van der Waals surface area contributed by atoms with Crippen molar-refractivity contribution in [2.45, 2.75) is 26.2 Å². The summed E-state index contributed by atoms with van der Waals surface area (Å²) in [6.45, 7) is 5.76. The van der Waals surface area contributed by atoms with E-state index in [4.69, 9.17) is 11.6 Å². The number of nitrogens with one attached hydrogen (secondary N) is 1. The van der Waals surface area contributed by atoms with Crippen molar-refractivity contribution in [1.82, 2.24) is 15.2 Å². The molecular weight excluding hydrogens is 274 g/mol. The molecule has 1 fully saturated rings. The number of rotatable bonds is 5. The second kappa shape index (κ2) is 7.60. The Labute approximate surface area is 125 Å². The first-order valence-electron chi connectivity index (χ1n) is 7.32. The fraction of sp³-hybridized carbons (Fsp3) is 0.600. The van der Waals surface area contributed by atoms with Crippen LogP contribution in [0.3, 0.4) is 0 Å². The minimum atomic E-state index is 0.0184. The lowest BCUT2D eigenvalue weighted by molar-refractivity contribution is 0.0719. The van der Waals surface area contributed by atoms with Gasteiger partial charge in [-0.05, 0) is 44.3 Å². The van der Waals surface area contributed by atoms with Crippen LogP contribution in [0, 0.1) is 5.92 Å². The molecule has 110 valence electrons. The van der Waals surface area contributed by atoms with Gasteiger partial charge >= 0.3 is 0 Å². The minimum absolute atomic E-state index is 0.0184. The second-order valence-electron chi connectivity index (χ2n) is 5.32. The lowest BCUT2D eigenvalue weighted by Gasteiger charge is -2.30. The Morgan fingerprint density at radius 3 is 3.10 bits per heavy atom. The van der Waals surface area contributed by atoms with Crippen LogP contribution in [0.4, 0.5) is 0 Å². The molecule has 4 nitrogen and oxygen atoms in total. The van der Waals surface area contributed by atoms with E-state index in [9.17, 15) is 4.79 Å². The summed E-state index contributed by atoms with van der Waals surface area (Å²) in [6.07, 6.45) is 6.47. The van der Waals surface area contributed by atoms with E-state index >= 15 is 0 Å². The first kappa shape index (κ1) is 15.3. The lowest BCUT2D eigenvalue weighted by Crippen LogP contribution is -2.41. The molecule has 20 heavy (non-hydrogen) atoms. The van der Waals surface area contributed by atoms with E-state index in [0.29, 0.717) is 16.5 Å². The Bertz CT molecular complexity index is 446. The van der Waals surface area contributed by atoms with Crippen molar-refractivity contribution < 1.29 is 4.79 Å². The zero-order chi connectivity index (χ0) is 14.4. The molecule has 1 aliphatic heterocycles. The van der Waals surface area contributed by atoms with E-state index < -0.39 is 0 Å². The number of halogens is 1. The lowest BCUT2D eigenvalue weighted by atomic mass is 9.98. The average Bonchev–Trinajstić information content (AvgIpc) is 2.48. The zero-order valence-electron chi connectivity index (χ0n) is 11.9. The van der Waals surface area contributed by atoms with Crippen molar-refractivity contribution in [2.75, 3.05) is 26.2 Å². The van der Waals surface area contributed by atoms with Crippen LogP contribution in [0.1, 0.15) is 36.5 Å². The third kappa shape index (κ3) is 3.93. The van der Waals surface area contributed by atoms with Crippen molar-refractivity contribution in [1.29, 1.82) is 0 Å². The normalized spacial score (nSPS) is 18.8. The van der Waals surface area contributed by atoms with Gasteiger partial charge in [0.25, 0.3) is 5.91 Å². The van der Waals surface area contributed by atoms with Gasteiger partial charge in [0.05, 0.1) is 10.6 Å². The van der Waals surface area contributed by atoms with Crippen LogP contribution in [-0.4, -0.2) is 42.0 Å². The standard InChI is InChI=1S/C15H22ClN3O/c1-2-8-19(11-12-4-3-6-17-9-12)15(20)13-5-7-18-10-14(13)16/h5,7,10,12,17H,2-4,6,8-9,11H2,1H3. The molecule has 5 heteroatoms. The molecule has 0 radical (unpaired) electrons. The van der Waals surface area contributed by atoms with Gasteiger partial charge in [0.15, 0.2) is 0 Å². The highest BCUT2D eigenvalue weighted by molar-refractivity contribution is 6.33. The van der Waals surface area contributed by atoms with Crippen LogP contribution >= 0.6 is 11.6 Å². The molecule has 0 aliphatic carbocycles. The molecule has 1 amide bonds. The number of carbonyl (C=O) groups excluding carboxylic acids is 1. The fourth-order valence-electron chi connectivity index (χ4n) is 2.66. The molecule has 1 aromatic rings. The van der Waals surface area contributed by atoms with Gasteiger partial charge < -0.3 is 10.2 Å². The molecule has 0 saturated carbocycles. The van der Waals surface area contributed by atoms with Crippen molar-refractivity contribution in [3.8, 4) is 0 Å². The third-order valence-electron chi connectivity index (χ3n) is 3.66. The summed E-state index contributed by atoms with van der Waals surface area (Å²) in [4.78, 5) is 18.5. The highest BCUT2D eigenvalue weighted by Gasteiger charge is 2.22. The molecular formula is C15H22ClN3O. The second-order valence-corrected chi connectivity index (χ2v) is 5.73. The van der Waals surface area contributed by atoms with Gasteiger partial charge in [-0.2, -0.15) is 0 Å². The Morgan fingerprint density at radius 1 is 1.60 bits per heavy atom. The summed E-state index contributed by atoms with van der Waals surface area (Å²) in [6, 6.07) is 1.70. The Kier molecular flexibility index (Phi) is 5.80. The number of carbonyl (C=O) groups is 1. The molecule has 1 saturated heterocycles. The number of hydrogen-bond acceptors (Lipinski definition) is 3. The van der Waals surface area contributed by atoms with E-state index in [1.165, 1.54) is 19.0 Å². The highest BCUT2D eigenvalue weighted by atomic mass is 35.5. The van der Waals surface area contributed by atoms with Gasteiger partial charge in [0.1, 0.15) is 0 Å². The van der Waals surface area contributed by atoms with E-state index in [0.717, 1.165) is 32.6 Å². The van der Waals surface area contributed by atoms with Gasteiger partial charge in [-0.3, -0.25) is 9.78 Å². The number of hydrogen-bond donors (Lipinski definition) is 1. The Morgan fingerprint density at radius 2 is 2.45 bits per heavy atom. The maximum atomic E-state index is 12.6. The minimum Gasteiger partial charge on any atom is -0.338 e. The molecule has 0 aromatic carbocycles. The molecule has 1 aliphatic rings. The van der Waals surface area contributed by atoms with Crippen LogP contribution < -0.4 is 5.32 Å². The van der Waals surface area contributed by atoms with Gasteiger partial charge in [0.2, 0.25) is 0 Å². The highest BCUT2D eigenvalue weighted by Crippen LogP contribution is 2.18. The molecule has 0 bridgehead atoms. The topological polar surface area (TPSA) is 45.2 Å². The summed E-state index contributed by atoms with van der Waals surface area (Å²) in [5.74, 6) is 0.560. The molecule has 0 spiro atoms. The van der Waals surface area contributed by atoms with Gasteiger partial charge in [-0.25, -0.2) is 0 Å². The summed E-state index contributed by atoms with van der Waals surface area (Å²) < 4.78 is 0. The van der Waals surface area contributed by atoms with Gasteiger partial charge in [0, 0.05) is 25.5 Å². The number of pyridine rings is 1. The molecule has 2 rings (SSSR count). The van der Waals surface area contributed by atoms with Crippen LogP contribution in [0.25, 0.3) is 0 Å². The van der Waals surface area contributed by atoms with Crippen LogP contribution in [0.5, 0.6) is 0 Å². The first-order valence-corrected chi connectivity index (χ1v) is 7.69. The van der Waals surface area contributed by atoms with Crippen molar-refractivity contribution in [3.05, 3.63) is 29.0 Å². The number of piperidine rings is 1. The summed E-state index contributed by atoms with van der Waals surface area (Å²) in [5.41, 5.74) is 0.555. The number of nitrogens with zero attached hydrogens (tertiary/aromatic N) is 2. The largest absolute Gasteiger partial charge is 0.338 e.